The zero-order valence-electron chi connectivity index (χ0n) is 13.8. The molecule has 0 aliphatic carbocycles. The largest absolute Gasteiger partial charge is 0.434 e. The minimum atomic E-state index is -4.39. The molecule has 0 bridgehead atoms. The molecule has 0 spiro atoms. The van der Waals surface area contributed by atoms with Crippen molar-refractivity contribution >= 4 is 17.3 Å². The number of likely N-dealkylation sites (tertiary alicyclic amines) is 1. The Morgan fingerprint density at radius 3 is 2.71 bits per heavy atom. The summed E-state index contributed by atoms with van der Waals surface area (Å²) in [6.45, 7) is 7.00. The van der Waals surface area contributed by atoms with E-state index in [4.69, 9.17) is 0 Å². The molecule has 1 aliphatic heterocycles. The van der Waals surface area contributed by atoms with E-state index < -0.39 is 11.9 Å². The number of thiazole rings is 1. The SMILES string of the molecule is CCNC(=NCc1nc(C(F)(F)F)cs1)NCCCN1CCCC1. The smallest absolute Gasteiger partial charge is 0.357 e. The Labute approximate surface area is 144 Å². The summed E-state index contributed by atoms with van der Waals surface area (Å²) in [5.41, 5.74) is -0.846. The van der Waals surface area contributed by atoms with E-state index in [9.17, 15) is 13.2 Å². The van der Waals surface area contributed by atoms with Crippen LogP contribution in [0.1, 0.15) is 36.9 Å². The van der Waals surface area contributed by atoms with Crippen LogP contribution in [0.3, 0.4) is 0 Å². The minimum Gasteiger partial charge on any atom is -0.357 e. The molecule has 24 heavy (non-hydrogen) atoms. The van der Waals surface area contributed by atoms with Gasteiger partial charge in [0.15, 0.2) is 11.7 Å². The third kappa shape index (κ3) is 6.27. The maximum Gasteiger partial charge on any atom is 0.434 e. The first-order valence-corrected chi connectivity index (χ1v) is 9.13. The van der Waals surface area contributed by atoms with Gasteiger partial charge in [0.1, 0.15) is 5.01 Å². The molecular weight excluding hydrogens is 339 g/mol. The molecule has 2 rings (SSSR count). The third-order valence-corrected chi connectivity index (χ3v) is 4.53. The van der Waals surface area contributed by atoms with Crippen molar-refractivity contribution < 1.29 is 13.2 Å². The van der Waals surface area contributed by atoms with E-state index in [1.807, 2.05) is 6.92 Å². The molecule has 1 saturated heterocycles. The summed E-state index contributed by atoms with van der Waals surface area (Å²) in [7, 11) is 0. The number of nitrogens with zero attached hydrogens (tertiary/aromatic N) is 3. The molecule has 2 N–H and O–H groups in total. The van der Waals surface area contributed by atoms with Crippen LogP contribution in [0.15, 0.2) is 10.4 Å². The molecule has 1 fully saturated rings. The number of aromatic nitrogens is 1. The summed E-state index contributed by atoms with van der Waals surface area (Å²) in [5.74, 6) is 0.614. The molecule has 1 aromatic heterocycles. The van der Waals surface area contributed by atoms with Gasteiger partial charge < -0.3 is 15.5 Å². The highest BCUT2D eigenvalue weighted by atomic mass is 32.1. The van der Waals surface area contributed by atoms with Gasteiger partial charge in [-0.05, 0) is 45.8 Å². The van der Waals surface area contributed by atoms with Gasteiger partial charge in [-0.15, -0.1) is 11.3 Å². The van der Waals surface area contributed by atoms with Gasteiger partial charge in [0.25, 0.3) is 0 Å². The molecule has 2 heterocycles. The molecular formula is C15H24F3N5S. The molecule has 0 atom stereocenters. The van der Waals surface area contributed by atoms with Crippen molar-refractivity contribution in [2.45, 2.75) is 38.9 Å². The molecule has 0 saturated carbocycles. The zero-order chi connectivity index (χ0) is 17.4. The van der Waals surface area contributed by atoms with Crippen LogP contribution in [0.4, 0.5) is 13.2 Å². The molecule has 1 aromatic rings. The zero-order valence-corrected chi connectivity index (χ0v) is 14.6. The summed E-state index contributed by atoms with van der Waals surface area (Å²) < 4.78 is 37.6. The van der Waals surface area contributed by atoms with Crippen LogP contribution in [0.5, 0.6) is 0 Å². The van der Waals surface area contributed by atoms with Gasteiger partial charge in [0.2, 0.25) is 0 Å². The molecule has 136 valence electrons. The maximum absolute atomic E-state index is 12.5. The normalized spacial score (nSPS) is 16.6. The van der Waals surface area contributed by atoms with Gasteiger partial charge in [-0.25, -0.2) is 9.98 Å². The Bertz CT molecular complexity index is 523. The Hall–Kier alpha value is -1.35. The number of aliphatic imine (C=N–C) groups is 1. The van der Waals surface area contributed by atoms with E-state index in [0.29, 0.717) is 17.5 Å². The number of halogens is 3. The molecule has 0 aromatic carbocycles. The van der Waals surface area contributed by atoms with E-state index >= 15 is 0 Å². The first-order valence-electron chi connectivity index (χ1n) is 8.25. The van der Waals surface area contributed by atoms with E-state index in [1.54, 1.807) is 0 Å². The maximum atomic E-state index is 12.5. The standard InChI is InChI=1S/C15H24F3N5S/c1-2-19-14(20-6-5-9-23-7-3-4-8-23)21-10-13-22-12(11-24-13)15(16,17)18/h11H,2-10H2,1H3,(H2,19,20,21). The Morgan fingerprint density at radius 2 is 2.08 bits per heavy atom. The van der Waals surface area contributed by atoms with Crippen molar-refractivity contribution in [1.29, 1.82) is 0 Å². The number of alkyl halides is 3. The van der Waals surface area contributed by atoms with Crippen LogP contribution < -0.4 is 10.6 Å². The number of nitrogens with one attached hydrogen (secondary N) is 2. The lowest BCUT2D eigenvalue weighted by Gasteiger charge is -2.15. The number of hydrogen-bond acceptors (Lipinski definition) is 4. The van der Waals surface area contributed by atoms with Crippen LogP contribution in [-0.2, 0) is 12.7 Å². The average molecular weight is 363 g/mol. The first kappa shape index (κ1) is 19.0. The van der Waals surface area contributed by atoms with Crippen LogP contribution >= 0.6 is 11.3 Å². The monoisotopic (exact) mass is 363 g/mol. The fourth-order valence-corrected chi connectivity index (χ4v) is 3.24. The quantitative estimate of drug-likeness (QED) is 0.444. The van der Waals surface area contributed by atoms with E-state index in [-0.39, 0.29) is 6.54 Å². The molecule has 0 unspecified atom stereocenters. The minimum absolute atomic E-state index is 0.141. The lowest BCUT2D eigenvalue weighted by Crippen LogP contribution is -2.38. The van der Waals surface area contributed by atoms with Gasteiger partial charge in [-0.3, -0.25) is 0 Å². The molecule has 5 nitrogen and oxygen atoms in total. The summed E-state index contributed by atoms with van der Waals surface area (Å²) in [6.07, 6.45) is -0.812. The van der Waals surface area contributed by atoms with E-state index in [1.165, 1.54) is 25.9 Å². The molecule has 0 amide bonds. The predicted octanol–water partition coefficient (Wildman–Crippen LogP) is 2.70. The summed E-state index contributed by atoms with van der Waals surface area (Å²) >= 11 is 0.981. The highest BCUT2D eigenvalue weighted by molar-refractivity contribution is 7.09. The highest BCUT2D eigenvalue weighted by Crippen LogP contribution is 2.30. The van der Waals surface area contributed by atoms with Crippen molar-refractivity contribution in [3.8, 4) is 0 Å². The predicted molar refractivity (Wildman–Crippen MR) is 90.2 cm³/mol. The van der Waals surface area contributed by atoms with Crippen LogP contribution in [0.2, 0.25) is 0 Å². The van der Waals surface area contributed by atoms with Crippen LogP contribution in [-0.4, -0.2) is 48.6 Å². The number of rotatable bonds is 7. The topological polar surface area (TPSA) is 52.6 Å². The summed E-state index contributed by atoms with van der Waals surface area (Å²) in [5, 5.41) is 7.70. The number of guanidine groups is 1. The van der Waals surface area contributed by atoms with Crippen molar-refractivity contribution in [2.24, 2.45) is 4.99 Å². The Kier molecular flexibility index (Phi) is 7.29. The average Bonchev–Trinajstić information content (AvgIpc) is 3.19. The number of hydrogen-bond donors (Lipinski definition) is 2. The van der Waals surface area contributed by atoms with Gasteiger partial charge in [0, 0.05) is 18.5 Å². The van der Waals surface area contributed by atoms with Crippen molar-refractivity contribution in [3.05, 3.63) is 16.1 Å². The fourth-order valence-electron chi connectivity index (χ4n) is 2.52. The second-order valence-electron chi connectivity index (χ2n) is 5.65. The van der Waals surface area contributed by atoms with Crippen molar-refractivity contribution in [2.75, 3.05) is 32.7 Å². The first-order chi connectivity index (χ1) is 11.5. The molecule has 1 aliphatic rings. The van der Waals surface area contributed by atoms with Crippen molar-refractivity contribution in [3.63, 3.8) is 0 Å². The Morgan fingerprint density at radius 1 is 1.33 bits per heavy atom. The molecule has 0 radical (unpaired) electrons. The van der Waals surface area contributed by atoms with Crippen LogP contribution in [0, 0.1) is 0 Å². The third-order valence-electron chi connectivity index (χ3n) is 3.70. The highest BCUT2D eigenvalue weighted by Gasteiger charge is 2.33. The van der Waals surface area contributed by atoms with Gasteiger partial charge in [0.05, 0.1) is 6.54 Å². The van der Waals surface area contributed by atoms with Gasteiger partial charge in [-0.2, -0.15) is 13.2 Å². The summed E-state index contributed by atoms with van der Waals surface area (Å²) in [6, 6.07) is 0. The Balaban J connectivity index is 1.78. The van der Waals surface area contributed by atoms with Crippen molar-refractivity contribution in [1.82, 2.24) is 20.5 Å². The van der Waals surface area contributed by atoms with Gasteiger partial charge >= 0.3 is 6.18 Å². The van der Waals surface area contributed by atoms with E-state index in [0.717, 1.165) is 36.2 Å². The fraction of sp³-hybridized carbons (Fsp3) is 0.733. The lowest BCUT2D eigenvalue weighted by molar-refractivity contribution is -0.140. The lowest BCUT2D eigenvalue weighted by atomic mass is 10.4. The van der Waals surface area contributed by atoms with Gasteiger partial charge in [-0.1, -0.05) is 0 Å². The van der Waals surface area contributed by atoms with E-state index in [2.05, 4.69) is 25.5 Å². The summed E-state index contributed by atoms with van der Waals surface area (Å²) in [4.78, 5) is 10.3. The molecule has 9 heteroatoms. The van der Waals surface area contributed by atoms with Crippen LogP contribution in [0.25, 0.3) is 0 Å². The second-order valence-corrected chi connectivity index (χ2v) is 6.59. The second kappa shape index (κ2) is 9.22.